The number of aromatic carboxylic acids is 1. The van der Waals surface area contributed by atoms with E-state index in [2.05, 4.69) is 20.6 Å². The first-order chi connectivity index (χ1) is 19.0. The van der Waals surface area contributed by atoms with Crippen molar-refractivity contribution in [1.82, 2.24) is 30.2 Å². The van der Waals surface area contributed by atoms with Crippen molar-refractivity contribution < 1.29 is 9.90 Å². The van der Waals surface area contributed by atoms with Gasteiger partial charge in [-0.2, -0.15) is 0 Å². The maximum absolute atomic E-state index is 13.8. The summed E-state index contributed by atoms with van der Waals surface area (Å²) in [6.45, 7) is 4.40. The van der Waals surface area contributed by atoms with Gasteiger partial charge in [0, 0.05) is 24.0 Å². The highest BCUT2D eigenvalue weighted by molar-refractivity contribution is 5.87. The van der Waals surface area contributed by atoms with Gasteiger partial charge in [0.2, 0.25) is 0 Å². The van der Waals surface area contributed by atoms with Crippen LogP contribution in [0.5, 0.6) is 0 Å². The molecule has 9 nitrogen and oxygen atoms in total. The van der Waals surface area contributed by atoms with E-state index in [1.165, 1.54) is 0 Å². The second kappa shape index (κ2) is 11.2. The van der Waals surface area contributed by atoms with Gasteiger partial charge in [-0.05, 0) is 51.2 Å². The van der Waals surface area contributed by atoms with E-state index in [1.807, 2.05) is 62.4 Å². The van der Waals surface area contributed by atoms with E-state index in [1.54, 1.807) is 28.8 Å². The van der Waals surface area contributed by atoms with E-state index in [0.29, 0.717) is 37.2 Å². The third-order valence-corrected chi connectivity index (χ3v) is 6.79. The lowest BCUT2D eigenvalue weighted by Gasteiger charge is -2.17. The molecular weight excluding hydrogens is 492 g/mol. The molecule has 2 N–H and O–H groups in total. The molecule has 0 saturated carbocycles. The number of hydrogen-bond acceptors (Lipinski definition) is 6. The quantitative estimate of drug-likeness (QED) is 0.292. The van der Waals surface area contributed by atoms with E-state index in [0.717, 1.165) is 39.3 Å². The standard InChI is InChI=1S/C30H28N6O3/c1-3-26-25(17-19-9-15-22(16-10-19)30(38)39)29(37)36(27(4-2)31-26)18-20-11-13-21(14-12-20)23-7-5-6-8-24(23)28-32-34-35-33-28/h5-16H,3-4,17-18H2,1-2H3,(H,38,39)(H,32,33,34,35). The summed E-state index contributed by atoms with van der Waals surface area (Å²) in [7, 11) is 0. The fourth-order valence-corrected chi connectivity index (χ4v) is 4.75. The monoisotopic (exact) mass is 520 g/mol. The molecule has 5 aromatic rings. The first kappa shape index (κ1) is 25.7. The van der Waals surface area contributed by atoms with Crippen molar-refractivity contribution in [3.63, 3.8) is 0 Å². The highest BCUT2D eigenvalue weighted by Gasteiger charge is 2.17. The van der Waals surface area contributed by atoms with Crippen LogP contribution in [0.25, 0.3) is 22.5 Å². The van der Waals surface area contributed by atoms with Crippen LogP contribution in [0.3, 0.4) is 0 Å². The van der Waals surface area contributed by atoms with Gasteiger partial charge >= 0.3 is 5.97 Å². The van der Waals surface area contributed by atoms with Crippen molar-refractivity contribution in [2.75, 3.05) is 0 Å². The number of carbonyl (C=O) groups is 1. The van der Waals surface area contributed by atoms with Crippen LogP contribution in [0.1, 0.15) is 52.4 Å². The summed E-state index contributed by atoms with van der Waals surface area (Å²) in [6, 6.07) is 22.7. The lowest BCUT2D eigenvalue weighted by molar-refractivity contribution is 0.0697. The lowest BCUT2D eigenvalue weighted by atomic mass is 9.98. The molecule has 39 heavy (non-hydrogen) atoms. The highest BCUT2D eigenvalue weighted by Crippen LogP contribution is 2.29. The van der Waals surface area contributed by atoms with Crippen LogP contribution < -0.4 is 5.56 Å². The third-order valence-electron chi connectivity index (χ3n) is 6.79. The van der Waals surface area contributed by atoms with E-state index >= 15 is 0 Å². The van der Waals surface area contributed by atoms with Gasteiger partial charge in [0.05, 0.1) is 17.8 Å². The van der Waals surface area contributed by atoms with Gasteiger partial charge in [0.1, 0.15) is 5.82 Å². The van der Waals surface area contributed by atoms with E-state index in [4.69, 9.17) is 4.98 Å². The summed E-state index contributed by atoms with van der Waals surface area (Å²) in [5.74, 6) is 0.367. The maximum atomic E-state index is 13.8. The molecule has 196 valence electrons. The second-order valence-corrected chi connectivity index (χ2v) is 9.22. The Morgan fingerprint density at radius 2 is 1.59 bits per heavy atom. The number of nitrogens with zero attached hydrogens (tertiary/aromatic N) is 5. The molecule has 2 aromatic heterocycles. The topological polar surface area (TPSA) is 127 Å². The normalized spacial score (nSPS) is 11.0. The van der Waals surface area contributed by atoms with Gasteiger partial charge in [-0.1, -0.05) is 74.5 Å². The van der Waals surface area contributed by atoms with Gasteiger partial charge in [-0.25, -0.2) is 14.9 Å². The molecule has 5 rings (SSSR count). The molecule has 0 bridgehead atoms. The van der Waals surface area contributed by atoms with Crippen LogP contribution in [0, 0.1) is 0 Å². The number of carboxylic acid groups (broad SMARTS) is 1. The summed E-state index contributed by atoms with van der Waals surface area (Å²) in [4.78, 5) is 29.9. The second-order valence-electron chi connectivity index (χ2n) is 9.22. The zero-order valence-corrected chi connectivity index (χ0v) is 21.8. The van der Waals surface area contributed by atoms with E-state index in [9.17, 15) is 14.7 Å². The summed E-state index contributed by atoms with van der Waals surface area (Å²) in [6.07, 6.45) is 1.66. The fourth-order valence-electron chi connectivity index (χ4n) is 4.75. The molecule has 0 aliphatic heterocycles. The number of carboxylic acids is 1. The largest absolute Gasteiger partial charge is 0.478 e. The Hall–Kier alpha value is -4.92. The minimum absolute atomic E-state index is 0.0618. The van der Waals surface area contributed by atoms with Crippen LogP contribution >= 0.6 is 0 Å². The van der Waals surface area contributed by atoms with Crippen molar-refractivity contribution in [2.24, 2.45) is 0 Å². The molecule has 0 unspecified atom stereocenters. The van der Waals surface area contributed by atoms with Crippen LogP contribution in [0.15, 0.2) is 77.6 Å². The Morgan fingerprint density at radius 1 is 0.897 bits per heavy atom. The smallest absolute Gasteiger partial charge is 0.335 e. The third kappa shape index (κ3) is 5.38. The Morgan fingerprint density at radius 3 is 2.21 bits per heavy atom. The van der Waals surface area contributed by atoms with Gasteiger partial charge in [0.25, 0.3) is 5.56 Å². The van der Waals surface area contributed by atoms with Crippen molar-refractivity contribution in [3.8, 4) is 22.5 Å². The van der Waals surface area contributed by atoms with E-state index < -0.39 is 5.97 Å². The number of benzene rings is 3. The molecule has 0 aliphatic carbocycles. The summed E-state index contributed by atoms with van der Waals surface area (Å²) < 4.78 is 1.75. The molecule has 0 aliphatic rings. The molecule has 0 atom stereocenters. The SMILES string of the molecule is CCc1nc(CC)n(Cc2ccc(-c3ccccc3-c3nnn[nH]3)cc2)c(=O)c1Cc1ccc(C(=O)O)cc1. The number of aromatic nitrogens is 6. The lowest BCUT2D eigenvalue weighted by Crippen LogP contribution is -2.30. The fraction of sp³-hybridized carbons (Fsp3) is 0.200. The molecule has 3 aromatic carbocycles. The Kier molecular flexibility index (Phi) is 7.40. The number of nitrogens with one attached hydrogen (secondary N) is 1. The molecule has 0 spiro atoms. The van der Waals surface area contributed by atoms with Crippen molar-refractivity contribution in [1.29, 1.82) is 0 Å². The van der Waals surface area contributed by atoms with Crippen molar-refractivity contribution in [2.45, 2.75) is 39.7 Å². The zero-order chi connectivity index (χ0) is 27.4. The van der Waals surface area contributed by atoms with Crippen LogP contribution in [-0.4, -0.2) is 41.3 Å². The van der Waals surface area contributed by atoms with Crippen molar-refractivity contribution in [3.05, 3.63) is 117 Å². The van der Waals surface area contributed by atoms with Gasteiger partial charge in [0.15, 0.2) is 5.82 Å². The number of H-pyrrole nitrogens is 1. The Balaban J connectivity index is 1.46. The maximum Gasteiger partial charge on any atom is 0.335 e. The number of aromatic amines is 1. The number of hydrogen-bond donors (Lipinski definition) is 2. The van der Waals surface area contributed by atoms with Gasteiger partial charge in [-0.3, -0.25) is 9.36 Å². The Labute approximate surface area is 225 Å². The predicted molar refractivity (Wildman–Crippen MR) is 148 cm³/mol. The van der Waals surface area contributed by atoms with Gasteiger partial charge < -0.3 is 5.11 Å². The first-order valence-electron chi connectivity index (χ1n) is 12.8. The van der Waals surface area contributed by atoms with E-state index in [-0.39, 0.29) is 11.1 Å². The Bertz CT molecular complexity index is 1660. The van der Waals surface area contributed by atoms with Crippen molar-refractivity contribution >= 4 is 5.97 Å². The minimum atomic E-state index is -0.975. The molecular formula is C30H28N6O3. The predicted octanol–water partition coefficient (Wildman–Crippen LogP) is 4.55. The summed E-state index contributed by atoms with van der Waals surface area (Å²) >= 11 is 0. The number of rotatable bonds is 9. The number of aryl methyl sites for hydroxylation is 2. The average molecular weight is 521 g/mol. The van der Waals surface area contributed by atoms with Crippen LogP contribution in [0.4, 0.5) is 0 Å². The molecule has 0 amide bonds. The first-order valence-corrected chi connectivity index (χ1v) is 12.8. The molecule has 9 heteroatoms. The highest BCUT2D eigenvalue weighted by atomic mass is 16.4. The summed E-state index contributed by atoms with van der Waals surface area (Å²) in [5, 5.41) is 23.5. The molecule has 2 heterocycles. The molecule has 0 fully saturated rings. The average Bonchev–Trinajstić information content (AvgIpc) is 3.51. The van der Waals surface area contributed by atoms with Gasteiger partial charge in [-0.15, -0.1) is 5.10 Å². The molecule has 0 radical (unpaired) electrons. The minimum Gasteiger partial charge on any atom is -0.478 e. The number of tetrazole rings is 1. The van der Waals surface area contributed by atoms with Crippen LogP contribution in [0.2, 0.25) is 0 Å². The zero-order valence-electron chi connectivity index (χ0n) is 21.8. The summed E-state index contributed by atoms with van der Waals surface area (Å²) in [5.41, 5.74) is 6.35. The van der Waals surface area contributed by atoms with Crippen LogP contribution in [-0.2, 0) is 25.8 Å². The molecule has 0 saturated heterocycles.